The lowest BCUT2D eigenvalue weighted by Gasteiger charge is -2.24. The molecule has 1 unspecified atom stereocenters. The first-order valence-corrected chi connectivity index (χ1v) is 5.67. The van der Waals surface area contributed by atoms with E-state index in [4.69, 9.17) is 10.9 Å². The summed E-state index contributed by atoms with van der Waals surface area (Å²) in [6, 6.07) is 0. The van der Waals surface area contributed by atoms with E-state index in [-0.39, 0.29) is 17.7 Å². The average Bonchev–Trinajstić information content (AvgIpc) is 2.23. The molecule has 0 aliphatic rings. The van der Waals surface area contributed by atoms with Crippen molar-refractivity contribution in [3.8, 4) is 0 Å². The number of oxime groups is 1. The van der Waals surface area contributed by atoms with Crippen LogP contribution in [0, 0.1) is 11.8 Å². The van der Waals surface area contributed by atoms with Crippen molar-refractivity contribution >= 4 is 11.7 Å². The molecule has 3 N–H and O–H groups in total. The summed E-state index contributed by atoms with van der Waals surface area (Å²) in [4.78, 5) is 13.6. The van der Waals surface area contributed by atoms with Crippen molar-refractivity contribution in [3.05, 3.63) is 0 Å². The average molecular weight is 229 g/mol. The molecule has 0 aromatic heterocycles. The first-order chi connectivity index (χ1) is 7.42. The number of amidine groups is 1. The van der Waals surface area contributed by atoms with Crippen molar-refractivity contribution in [2.24, 2.45) is 22.7 Å². The van der Waals surface area contributed by atoms with Gasteiger partial charge in [0.15, 0.2) is 0 Å². The van der Waals surface area contributed by atoms with Gasteiger partial charge in [-0.3, -0.25) is 4.79 Å². The summed E-state index contributed by atoms with van der Waals surface area (Å²) in [6.45, 7) is 8.93. The van der Waals surface area contributed by atoms with Gasteiger partial charge in [-0.2, -0.15) is 0 Å². The molecule has 0 saturated carbocycles. The fourth-order valence-electron chi connectivity index (χ4n) is 1.41. The van der Waals surface area contributed by atoms with Gasteiger partial charge in [0.2, 0.25) is 5.91 Å². The number of rotatable bonds is 6. The molecule has 1 atom stereocenters. The molecular formula is C11H23N3O2. The lowest BCUT2D eigenvalue weighted by Crippen LogP contribution is -2.39. The summed E-state index contributed by atoms with van der Waals surface area (Å²) in [5.41, 5.74) is 5.48. The SMILES string of the molecule is CCN(CC(C)C(N)=NO)C(=O)CC(C)C. The molecule has 5 heteroatoms. The summed E-state index contributed by atoms with van der Waals surface area (Å²) in [5.74, 6) is 0.507. The van der Waals surface area contributed by atoms with E-state index < -0.39 is 0 Å². The Kier molecular flexibility index (Phi) is 6.53. The third-order valence-corrected chi connectivity index (χ3v) is 2.43. The van der Waals surface area contributed by atoms with Crippen LogP contribution in [0.25, 0.3) is 0 Å². The molecule has 0 aliphatic heterocycles. The van der Waals surface area contributed by atoms with Gasteiger partial charge in [-0.05, 0) is 12.8 Å². The maximum absolute atomic E-state index is 11.8. The zero-order valence-electron chi connectivity index (χ0n) is 10.6. The number of hydrogen-bond acceptors (Lipinski definition) is 3. The molecule has 0 aliphatic carbocycles. The molecule has 0 saturated heterocycles. The van der Waals surface area contributed by atoms with Crippen LogP contribution in [0.15, 0.2) is 5.16 Å². The lowest BCUT2D eigenvalue weighted by atomic mass is 10.1. The molecule has 0 aromatic carbocycles. The minimum absolute atomic E-state index is 0.120. The van der Waals surface area contributed by atoms with Crippen LogP contribution in [-0.2, 0) is 4.79 Å². The van der Waals surface area contributed by atoms with E-state index in [1.807, 2.05) is 27.7 Å². The van der Waals surface area contributed by atoms with Crippen LogP contribution >= 0.6 is 0 Å². The van der Waals surface area contributed by atoms with Crippen molar-refractivity contribution in [1.29, 1.82) is 0 Å². The Labute approximate surface area is 97.3 Å². The zero-order chi connectivity index (χ0) is 12.7. The smallest absolute Gasteiger partial charge is 0.222 e. The molecule has 0 aromatic rings. The standard InChI is InChI=1S/C11H23N3O2/c1-5-14(10(15)6-8(2)3)7-9(4)11(12)13-16/h8-9,16H,5-7H2,1-4H3,(H2,12,13). The first-order valence-electron chi connectivity index (χ1n) is 5.67. The van der Waals surface area contributed by atoms with E-state index >= 15 is 0 Å². The van der Waals surface area contributed by atoms with Crippen LogP contribution in [0.2, 0.25) is 0 Å². The predicted molar refractivity (Wildman–Crippen MR) is 64.3 cm³/mol. The fourth-order valence-corrected chi connectivity index (χ4v) is 1.41. The minimum Gasteiger partial charge on any atom is -0.409 e. The maximum atomic E-state index is 11.8. The maximum Gasteiger partial charge on any atom is 0.222 e. The molecule has 0 fully saturated rings. The second-order valence-corrected chi connectivity index (χ2v) is 4.46. The zero-order valence-corrected chi connectivity index (χ0v) is 10.6. The Morgan fingerprint density at radius 3 is 2.38 bits per heavy atom. The topological polar surface area (TPSA) is 78.9 Å². The number of amides is 1. The van der Waals surface area contributed by atoms with Crippen molar-refractivity contribution in [2.75, 3.05) is 13.1 Å². The van der Waals surface area contributed by atoms with Gasteiger partial charge in [-0.15, -0.1) is 0 Å². The van der Waals surface area contributed by atoms with E-state index in [9.17, 15) is 4.79 Å². The molecule has 0 spiro atoms. The molecule has 0 rings (SSSR count). The van der Waals surface area contributed by atoms with E-state index in [0.29, 0.717) is 25.4 Å². The summed E-state index contributed by atoms with van der Waals surface area (Å²) in [6.07, 6.45) is 0.538. The monoisotopic (exact) mass is 229 g/mol. The van der Waals surface area contributed by atoms with Crippen LogP contribution < -0.4 is 5.73 Å². The third kappa shape index (κ3) is 5.00. The fraction of sp³-hybridized carbons (Fsp3) is 0.818. The number of nitrogens with two attached hydrogens (primary N) is 1. The van der Waals surface area contributed by atoms with Crippen LogP contribution in [0.1, 0.15) is 34.1 Å². The Bertz CT molecular complexity index is 252. The van der Waals surface area contributed by atoms with Crippen LogP contribution in [0.5, 0.6) is 0 Å². The van der Waals surface area contributed by atoms with Gasteiger partial charge in [-0.25, -0.2) is 0 Å². The highest BCUT2D eigenvalue weighted by Crippen LogP contribution is 2.07. The highest BCUT2D eigenvalue weighted by Gasteiger charge is 2.17. The largest absolute Gasteiger partial charge is 0.409 e. The summed E-state index contributed by atoms with van der Waals surface area (Å²) in [7, 11) is 0. The van der Waals surface area contributed by atoms with Crippen LogP contribution in [-0.4, -0.2) is 34.9 Å². The molecule has 16 heavy (non-hydrogen) atoms. The van der Waals surface area contributed by atoms with E-state index in [1.54, 1.807) is 4.90 Å². The number of nitrogens with zero attached hydrogens (tertiary/aromatic N) is 2. The van der Waals surface area contributed by atoms with E-state index in [2.05, 4.69) is 5.16 Å². The second kappa shape index (κ2) is 7.09. The Balaban J connectivity index is 4.35. The Morgan fingerprint density at radius 1 is 1.44 bits per heavy atom. The second-order valence-electron chi connectivity index (χ2n) is 4.46. The van der Waals surface area contributed by atoms with E-state index in [1.165, 1.54) is 0 Å². The van der Waals surface area contributed by atoms with Crippen LogP contribution in [0.4, 0.5) is 0 Å². The van der Waals surface area contributed by atoms with Gasteiger partial charge < -0.3 is 15.8 Å². The van der Waals surface area contributed by atoms with Gasteiger partial charge in [0.05, 0.1) is 0 Å². The summed E-state index contributed by atoms with van der Waals surface area (Å²) in [5, 5.41) is 11.5. The van der Waals surface area contributed by atoms with Crippen LogP contribution in [0.3, 0.4) is 0 Å². The summed E-state index contributed by atoms with van der Waals surface area (Å²) >= 11 is 0. The van der Waals surface area contributed by atoms with E-state index in [0.717, 1.165) is 0 Å². The highest BCUT2D eigenvalue weighted by molar-refractivity contribution is 5.83. The van der Waals surface area contributed by atoms with Gasteiger partial charge in [0, 0.05) is 25.4 Å². The molecule has 0 bridgehead atoms. The van der Waals surface area contributed by atoms with Gasteiger partial charge in [0.1, 0.15) is 5.84 Å². The molecule has 0 heterocycles. The first kappa shape index (κ1) is 14.7. The molecule has 5 nitrogen and oxygen atoms in total. The van der Waals surface area contributed by atoms with Gasteiger partial charge in [-0.1, -0.05) is 25.9 Å². The quantitative estimate of drug-likeness (QED) is 0.311. The number of hydrogen-bond donors (Lipinski definition) is 2. The van der Waals surface area contributed by atoms with Crippen molar-refractivity contribution < 1.29 is 10.0 Å². The summed E-state index contributed by atoms with van der Waals surface area (Å²) < 4.78 is 0. The number of carbonyl (C=O) groups excluding carboxylic acids is 1. The number of carbonyl (C=O) groups is 1. The van der Waals surface area contributed by atoms with Gasteiger partial charge >= 0.3 is 0 Å². The molecule has 94 valence electrons. The van der Waals surface area contributed by atoms with Gasteiger partial charge in [0.25, 0.3) is 0 Å². The highest BCUT2D eigenvalue weighted by atomic mass is 16.4. The van der Waals surface area contributed by atoms with Crippen molar-refractivity contribution in [1.82, 2.24) is 4.90 Å². The Hall–Kier alpha value is -1.26. The predicted octanol–water partition coefficient (Wildman–Crippen LogP) is 1.26. The van der Waals surface area contributed by atoms with Crippen molar-refractivity contribution in [2.45, 2.75) is 34.1 Å². The normalized spacial score (nSPS) is 13.9. The molecular weight excluding hydrogens is 206 g/mol. The third-order valence-electron chi connectivity index (χ3n) is 2.43. The lowest BCUT2D eigenvalue weighted by molar-refractivity contribution is -0.132. The molecule has 0 radical (unpaired) electrons. The molecule has 1 amide bonds. The Morgan fingerprint density at radius 2 is 2.00 bits per heavy atom. The van der Waals surface area contributed by atoms with Crippen molar-refractivity contribution in [3.63, 3.8) is 0 Å². The minimum atomic E-state index is -0.124.